The van der Waals surface area contributed by atoms with Crippen molar-refractivity contribution in [1.82, 2.24) is 9.97 Å². The Hall–Kier alpha value is -2.00. The molecule has 108 valence electrons. The van der Waals surface area contributed by atoms with Crippen molar-refractivity contribution < 1.29 is 0 Å². The Morgan fingerprint density at radius 1 is 1.19 bits per heavy atom. The summed E-state index contributed by atoms with van der Waals surface area (Å²) in [6.07, 6.45) is 9.45. The first-order valence-corrected chi connectivity index (χ1v) is 7.77. The number of nitrogens with two attached hydrogens (primary N) is 1. The summed E-state index contributed by atoms with van der Waals surface area (Å²) in [4.78, 5) is 6.73. The summed E-state index contributed by atoms with van der Waals surface area (Å²) < 4.78 is 0. The van der Waals surface area contributed by atoms with Gasteiger partial charge in [-0.2, -0.15) is 0 Å². The van der Waals surface area contributed by atoms with Crippen molar-refractivity contribution in [3.05, 3.63) is 59.5 Å². The molecule has 0 saturated carbocycles. The van der Waals surface area contributed by atoms with E-state index in [4.69, 9.17) is 5.73 Å². The number of aromatic nitrogens is 2. The summed E-state index contributed by atoms with van der Waals surface area (Å²) in [5.74, 6) is 0. The van der Waals surface area contributed by atoms with Crippen LogP contribution in [0.3, 0.4) is 0 Å². The van der Waals surface area contributed by atoms with Gasteiger partial charge in [0.1, 0.15) is 0 Å². The summed E-state index contributed by atoms with van der Waals surface area (Å²) in [5, 5.41) is 1.35. The van der Waals surface area contributed by atoms with Gasteiger partial charge >= 0.3 is 0 Å². The van der Waals surface area contributed by atoms with Gasteiger partial charge in [-0.1, -0.05) is 18.2 Å². The molecular formula is C18H21N3. The number of H-pyrrole nitrogens is 2. The maximum atomic E-state index is 6.81. The molecule has 2 heterocycles. The first-order chi connectivity index (χ1) is 10.3. The molecule has 21 heavy (non-hydrogen) atoms. The highest BCUT2D eigenvalue weighted by molar-refractivity contribution is 5.85. The fourth-order valence-electron chi connectivity index (χ4n) is 3.72. The normalized spacial score (nSPS) is 21.6. The molecule has 1 atom stereocenters. The molecule has 0 fully saturated rings. The number of hydrogen-bond acceptors (Lipinski definition) is 1. The van der Waals surface area contributed by atoms with Crippen molar-refractivity contribution in [2.24, 2.45) is 5.73 Å². The lowest BCUT2D eigenvalue weighted by Gasteiger charge is -2.33. The van der Waals surface area contributed by atoms with Gasteiger partial charge in [-0.3, -0.25) is 0 Å². The molecule has 0 spiro atoms. The maximum Gasteiger partial charge on any atom is 0.0568 e. The largest absolute Gasteiger partial charge is 0.367 e. The predicted octanol–water partition coefficient (Wildman–Crippen LogP) is 3.62. The molecule has 1 aliphatic rings. The van der Waals surface area contributed by atoms with Gasteiger partial charge in [0.25, 0.3) is 0 Å². The van der Waals surface area contributed by atoms with Crippen LogP contribution in [0.5, 0.6) is 0 Å². The van der Waals surface area contributed by atoms with Crippen molar-refractivity contribution >= 4 is 10.9 Å². The van der Waals surface area contributed by atoms with Crippen LogP contribution in [0.25, 0.3) is 10.9 Å². The number of para-hydroxylation sites is 1. The van der Waals surface area contributed by atoms with Crippen LogP contribution in [0.2, 0.25) is 0 Å². The zero-order valence-electron chi connectivity index (χ0n) is 12.2. The Kier molecular flexibility index (Phi) is 2.89. The number of nitrogens with one attached hydrogen (secondary N) is 2. The fourth-order valence-corrected chi connectivity index (χ4v) is 3.72. The van der Waals surface area contributed by atoms with Gasteiger partial charge in [0.15, 0.2) is 0 Å². The standard InChI is InChI=1S/C18H21N3/c19-18(10-7-13-8-11-20-12-13)9-3-5-15-14-4-1-2-6-16(14)21-17(15)18/h1-2,4,6,8,11-12,20-21H,3,5,7,9-10,19H2. The second-order valence-electron chi connectivity index (χ2n) is 6.25. The number of rotatable bonds is 3. The summed E-state index contributed by atoms with van der Waals surface area (Å²) in [7, 11) is 0. The number of benzene rings is 1. The minimum absolute atomic E-state index is 0.218. The Balaban J connectivity index is 1.71. The molecule has 0 bridgehead atoms. The number of aryl methyl sites for hydroxylation is 2. The maximum absolute atomic E-state index is 6.81. The lowest BCUT2D eigenvalue weighted by Crippen LogP contribution is -2.40. The second-order valence-corrected chi connectivity index (χ2v) is 6.25. The quantitative estimate of drug-likeness (QED) is 0.674. The molecule has 0 amide bonds. The van der Waals surface area contributed by atoms with Crippen molar-refractivity contribution in [2.75, 3.05) is 0 Å². The lowest BCUT2D eigenvalue weighted by molar-refractivity contribution is 0.339. The molecule has 1 aromatic carbocycles. The smallest absolute Gasteiger partial charge is 0.0568 e. The topological polar surface area (TPSA) is 57.6 Å². The summed E-state index contributed by atoms with van der Waals surface area (Å²) in [5.41, 5.74) is 11.9. The van der Waals surface area contributed by atoms with Gasteiger partial charge in [-0.25, -0.2) is 0 Å². The van der Waals surface area contributed by atoms with Crippen LogP contribution >= 0.6 is 0 Å². The van der Waals surface area contributed by atoms with E-state index in [0.29, 0.717) is 0 Å². The van der Waals surface area contributed by atoms with E-state index in [1.54, 1.807) is 0 Å². The highest BCUT2D eigenvalue weighted by Crippen LogP contribution is 2.39. The Labute approximate surface area is 124 Å². The van der Waals surface area contributed by atoms with E-state index < -0.39 is 0 Å². The average molecular weight is 279 g/mol. The van der Waals surface area contributed by atoms with Gasteiger partial charge in [0, 0.05) is 29.0 Å². The molecular weight excluding hydrogens is 258 g/mol. The number of aromatic amines is 2. The third kappa shape index (κ3) is 2.09. The molecule has 1 unspecified atom stereocenters. The first-order valence-electron chi connectivity index (χ1n) is 7.77. The van der Waals surface area contributed by atoms with Crippen LogP contribution in [0.4, 0.5) is 0 Å². The van der Waals surface area contributed by atoms with Gasteiger partial charge in [-0.05, 0) is 55.4 Å². The predicted molar refractivity (Wildman–Crippen MR) is 86.2 cm³/mol. The Morgan fingerprint density at radius 3 is 2.95 bits per heavy atom. The van der Waals surface area contributed by atoms with Crippen molar-refractivity contribution in [1.29, 1.82) is 0 Å². The zero-order chi connectivity index (χ0) is 14.3. The van der Waals surface area contributed by atoms with E-state index in [0.717, 1.165) is 25.7 Å². The highest BCUT2D eigenvalue weighted by Gasteiger charge is 2.34. The van der Waals surface area contributed by atoms with Crippen LogP contribution in [0.15, 0.2) is 42.7 Å². The molecule has 0 saturated heterocycles. The van der Waals surface area contributed by atoms with Crippen LogP contribution < -0.4 is 5.73 Å². The van der Waals surface area contributed by atoms with E-state index in [1.165, 1.54) is 34.1 Å². The zero-order valence-corrected chi connectivity index (χ0v) is 12.2. The van der Waals surface area contributed by atoms with Gasteiger partial charge < -0.3 is 15.7 Å². The molecule has 4 N–H and O–H groups in total. The van der Waals surface area contributed by atoms with E-state index in [9.17, 15) is 0 Å². The lowest BCUT2D eigenvalue weighted by atomic mass is 9.77. The monoisotopic (exact) mass is 279 g/mol. The van der Waals surface area contributed by atoms with Gasteiger partial charge in [0.2, 0.25) is 0 Å². The van der Waals surface area contributed by atoms with Crippen molar-refractivity contribution in [2.45, 2.75) is 37.6 Å². The molecule has 1 aliphatic carbocycles. The van der Waals surface area contributed by atoms with E-state index in [2.05, 4.69) is 46.5 Å². The molecule has 3 aromatic rings. The minimum Gasteiger partial charge on any atom is -0.367 e. The molecule has 3 nitrogen and oxygen atoms in total. The first kappa shape index (κ1) is 12.7. The minimum atomic E-state index is -0.218. The molecule has 0 aliphatic heterocycles. The third-order valence-electron chi connectivity index (χ3n) is 4.88. The number of fused-ring (bicyclic) bond motifs is 3. The fraction of sp³-hybridized carbons (Fsp3) is 0.333. The Morgan fingerprint density at radius 2 is 2.10 bits per heavy atom. The summed E-state index contributed by atoms with van der Waals surface area (Å²) >= 11 is 0. The van der Waals surface area contributed by atoms with Crippen LogP contribution in [0, 0.1) is 0 Å². The van der Waals surface area contributed by atoms with Gasteiger partial charge in [0.05, 0.1) is 5.54 Å². The summed E-state index contributed by atoms with van der Waals surface area (Å²) in [6.45, 7) is 0. The highest BCUT2D eigenvalue weighted by atomic mass is 14.9. The van der Waals surface area contributed by atoms with Crippen LogP contribution in [0.1, 0.15) is 36.1 Å². The number of hydrogen-bond donors (Lipinski definition) is 3. The van der Waals surface area contributed by atoms with Crippen LogP contribution in [-0.2, 0) is 18.4 Å². The van der Waals surface area contributed by atoms with Crippen LogP contribution in [-0.4, -0.2) is 9.97 Å². The SMILES string of the molecule is NC1(CCc2cc[nH]c2)CCCc2c1[nH]c1ccccc21. The van der Waals surface area contributed by atoms with Crippen molar-refractivity contribution in [3.8, 4) is 0 Å². The molecule has 3 heteroatoms. The molecule has 0 radical (unpaired) electrons. The second kappa shape index (κ2) is 4.78. The Bertz CT molecular complexity index is 754. The third-order valence-corrected chi connectivity index (χ3v) is 4.88. The molecule has 2 aromatic heterocycles. The van der Waals surface area contributed by atoms with E-state index in [1.807, 2.05) is 6.20 Å². The summed E-state index contributed by atoms with van der Waals surface area (Å²) in [6, 6.07) is 10.7. The molecule has 4 rings (SSSR count). The average Bonchev–Trinajstić information content (AvgIpc) is 3.14. The van der Waals surface area contributed by atoms with Crippen molar-refractivity contribution in [3.63, 3.8) is 0 Å². The van der Waals surface area contributed by atoms with E-state index in [-0.39, 0.29) is 5.54 Å². The van der Waals surface area contributed by atoms with Gasteiger partial charge in [-0.15, -0.1) is 0 Å². The van der Waals surface area contributed by atoms with E-state index >= 15 is 0 Å².